The molecule has 0 fully saturated rings. The van der Waals surface area contributed by atoms with Crippen molar-refractivity contribution in [1.82, 2.24) is 19.1 Å². The molecule has 3 heterocycles. The van der Waals surface area contributed by atoms with Gasteiger partial charge in [0.1, 0.15) is 29.2 Å². The molecule has 2 N–H and O–H groups in total. The number of imidazole rings is 1. The summed E-state index contributed by atoms with van der Waals surface area (Å²) in [7, 11) is 1.65. The topological polar surface area (TPSA) is 91.1 Å². The molecule has 132 valence electrons. The van der Waals surface area contributed by atoms with Gasteiger partial charge in [0.2, 0.25) is 0 Å². The smallest absolute Gasteiger partial charge is 0.328 e. The summed E-state index contributed by atoms with van der Waals surface area (Å²) in [5.74, 6) is -0.193. The van der Waals surface area contributed by atoms with E-state index in [2.05, 4.69) is 15.0 Å². The number of nitrogens with zero attached hydrogens (tertiary/aromatic N) is 5. The van der Waals surface area contributed by atoms with Crippen LogP contribution in [0.4, 0.5) is 4.39 Å². The minimum absolute atomic E-state index is 0.203. The molecule has 0 radical (unpaired) electrons. The molecule has 0 saturated carbocycles. The maximum Gasteiger partial charge on any atom is 0.328 e. The van der Waals surface area contributed by atoms with Gasteiger partial charge in [-0.05, 0) is 24.6 Å². The molecule has 1 aliphatic heterocycles. The Balaban J connectivity index is 1.86. The average Bonchev–Trinajstić information content (AvgIpc) is 2.91. The molecular weight excluding hydrogens is 335 g/mol. The van der Waals surface area contributed by atoms with E-state index in [4.69, 9.17) is 5.73 Å². The highest BCUT2D eigenvalue weighted by Crippen LogP contribution is 2.35. The maximum atomic E-state index is 14.7. The first kappa shape index (κ1) is 16.2. The van der Waals surface area contributed by atoms with Crippen LogP contribution >= 0.6 is 0 Å². The van der Waals surface area contributed by atoms with Crippen molar-refractivity contribution < 1.29 is 4.39 Å². The lowest BCUT2D eigenvalue weighted by Crippen LogP contribution is -2.41. The number of hydrogen-bond donors (Lipinski definition) is 1. The highest BCUT2D eigenvalue weighted by atomic mass is 19.1. The molecule has 2 aromatic heterocycles. The maximum absolute atomic E-state index is 14.7. The molecule has 4 rings (SSSR count). The van der Waals surface area contributed by atoms with E-state index in [9.17, 15) is 9.18 Å². The second-order valence-corrected chi connectivity index (χ2v) is 6.59. The molecule has 1 atom stereocenters. The van der Waals surface area contributed by atoms with Crippen molar-refractivity contribution in [1.29, 1.82) is 0 Å². The number of amidine groups is 1. The second-order valence-electron chi connectivity index (χ2n) is 6.59. The number of rotatable bonds is 2. The molecular formula is C18H17FN6O. The quantitative estimate of drug-likeness (QED) is 0.755. The van der Waals surface area contributed by atoms with Crippen LogP contribution in [0.5, 0.6) is 0 Å². The van der Waals surface area contributed by atoms with E-state index in [0.29, 0.717) is 11.3 Å². The third-order valence-electron chi connectivity index (χ3n) is 4.68. The Morgan fingerprint density at radius 2 is 1.96 bits per heavy atom. The highest BCUT2D eigenvalue weighted by Gasteiger charge is 2.36. The largest absolute Gasteiger partial charge is 0.382 e. The molecule has 26 heavy (non-hydrogen) atoms. The molecule has 7 nitrogen and oxygen atoms in total. The number of fused-ring (bicyclic) bond motifs is 1. The summed E-state index contributed by atoms with van der Waals surface area (Å²) in [5.41, 5.74) is 7.30. The van der Waals surface area contributed by atoms with Gasteiger partial charge in [-0.25, -0.2) is 19.2 Å². The number of hydrogen-bond acceptors (Lipinski definition) is 5. The van der Waals surface area contributed by atoms with E-state index >= 15 is 0 Å². The van der Waals surface area contributed by atoms with Crippen molar-refractivity contribution in [2.45, 2.75) is 19.0 Å². The van der Waals surface area contributed by atoms with E-state index in [0.717, 1.165) is 11.1 Å². The van der Waals surface area contributed by atoms with Crippen molar-refractivity contribution in [3.8, 4) is 11.1 Å². The van der Waals surface area contributed by atoms with E-state index in [1.54, 1.807) is 44.7 Å². The predicted octanol–water partition coefficient (Wildman–Crippen LogP) is 1.42. The molecule has 0 bridgehead atoms. The van der Waals surface area contributed by atoms with Gasteiger partial charge >= 0.3 is 5.69 Å². The van der Waals surface area contributed by atoms with Gasteiger partial charge in [-0.15, -0.1) is 0 Å². The fourth-order valence-electron chi connectivity index (χ4n) is 3.34. The fraction of sp³-hybridized carbons (Fsp3) is 0.222. The van der Waals surface area contributed by atoms with Crippen molar-refractivity contribution in [2.24, 2.45) is 17.8 Å². The van der Waals surface area contributed by atoms with E-state index in [-0.39, 0.29) is 18.1 Å². The van der Waals surface area contributed by atoms with Gasteiger partial charge in [0.05, 0.1) is 6.54 Å². The van der Waals surface area contributed by atoms with E-state index in [1.807, 2.05) is 0 Å². The number of benzene rings is 1. The summed E-state index contributed by atoms with van der Waals surface area (Å²) in [6.07, 6.45) is 6.38. The molecule has 0 saturated heterocycles. The van der Waals surface area contributed by atoms with Gasteiger partial charge in [-0.1, -0.05) is 6.07 Å². The van der Waals surface area contributed by atoms with Crippen molar-refractivity contribution in [2.75, 3.05) is 0 Å². The van der Waals surface area contributed by atoms with Crippen molar-refractivity contribution in [3.05, 3.63) is 70.7 Å². The van der Waals surface area contributed by atoms with Crippen LogP contribution in [0.25, 0.3) is 11.1 Å². The van der Waals surface area contributed by atoms with E-state index < -0.39 is 11.4 Å². The van der Waals surface area contributed by atoms with Gasteiger partial charge < -0.3 is 10.3 Å². The number of aromatic nitrogens is 4. The lowest BCUT2D eigenvalue weighted by atomic mass is 9.88. The summed E-state index contributed by atoms with van der Waals surface area (Å²) in [4.78, 5) is 24.9. The van der Waals surface area contributed by atoms with Crippen LogP contribution < -0.4 is 11.4 Å². The Labute approximate surface area is 148 Å². The van der Waals surface area contributed by atoms with Gasteiger partial charge in [-0.2, -0.15) is 0 Å². The summed E-state index contributed by atoms with van der Waals surface area (Å²) in [5, 5.41) is 0. The zero-order valence-corrected chi connectivity index (χ0v) is 14.3. The third kappa shape index (κ3) is 2.42. The van der Waals surface area contributed by atoms with Gasteiger partial charge in [0, 0.05) is 36.8 Å². The first-order chi connectivity index (χ1) is 12.4. The van der Waals surface area contributed by atoms with Crippen LogP contribution in [-0.2, 0) is 19.1 Å². The number of aliphatic imine (C=N–C) groups is 1. The summed E-state index contributed by atoms with van der Waals surface area (Å²) < 4.78 is 17.7. The molecule has 1 aliphatic rings. The molecule has 0 spiro atoms. The van der Waals surface area contributed by atoms with E-state index in [1.165, 1.54) is 21.5 Å². The van der Waals surface area contributed by atoms with Gasteiger partial charge in [-0.3, -0.25) is 9.56 Å². The molecule has 0 aliphatic carbocycles. The Morgan fingerprint density at radius 1 is 1.23 bits per heavy atom. The Hall–Kier alpha value is -3.29. The number of halogens is 1. The van der Waals surface area contributed by atoms with Gasteiger partial charge in [0.15, 0.2) is 0 Å². The van der Waals surface area contributed by atoms with Crippen LogP contribution in [0.2, 0.25) is 0 Å². The average molecular weight is 352 g/mol. The molecule has 3 aromatic rings. The fourth-order valence-corrected chi connectivity index (χ4v) is 3.34. The molecule has 8 heteroatoms. The normalized spacial score (nSPS) is 19.1. The molecule has 1 aromatic carbocycles. The third-order valence-corrected chi connectivity index (χ3v) is 4.68. The highest BCUT2D eigenvalue weighted by molar-refractivity contribution is 5.96. The van der Waals surface area contributed by atoms with Crippen LogP contribution in [0, 0.1) is 5.82 Å². The predicted molar refractivity (Wildman–Crippen MR) is 95.2 cm³/mol. The molecule has 0 amide bonds. The van der Waals surface area contributed by atoms with Crippen LogP contribution in [0.1, 0.15) is 18.2 Å². The Bertz CT molecular complexity index is 1080. The summed E-state index contributed by atoms with van der Waals surface area (Å²) in [6, 6.07) is 4.76. The first-order valence-electron chi connectivity index (χ1n) is 8.06. The van der Waals surface area contributed by atoms with Crippen LogP contribution in [-0.4, -0.2) is 24.9 Å². The lowest BCUT2D eigenvalue weighted by Gasteiger charge is -2.31. The monoisotopic (exact) mass is 352 g/mol. The standard InChI is InChI=1S/C18H17FN6O/c1-18(9-25-15(16(20)23-18)8-24(2)17(25)26)13-5-11(3-4-14(13)19)12-6-21-10-22-7-12/h3-8,10H,9H2,1-2H3,(H2,20,23). The van der Waals surface area contributed by atoms with Crippen LogP contribution in [0.3, 0.4) is 0 Å². The first-order valence-corrected chi connectivity index (χ1v) is 8.06. The Kier molecular flexibility index (Phi) is 3.50. The van der Waals surface area contributed by atoms with Crippen molar-refractivity contribution in [3.63, 3.8) is 0 Å². The SMILES string of the molecule is Cn1cc2n(c1=O)CC(C)(c1cc(-c3cncnc3)ccc1F)N=C2N. The summed E-state index contributed by atoms with van der Waals surface area (Å²) >= 11 is 0. The Morgan fingerprint density at radius 3 is 2.69 bits per heavy atom. The zero-order chi connectivity index (χ0) is 18.5. The number of nitrogens with two attached hydrogens (primary N) is 1. The van der Waals surface area contributed by atoms with Gasteiger partial charge in [0.25, 0.3) is 0 Å². The molecule has 1 unspecified atom stereocenters. The lowest BCUT2D eigenvalue weighted by molar-refractivity contribution is 0.377. The van der Waals surface area contributed by atoms with Crippen molar-refractivity contribution >= 4 is 5.84 Å². The summed E-state index contributed by atoms with van der Waals surface area (Å²) in [6.45, 7) is 1.97. The minimum Gasteiger partial charge on any atom is -0.382 e. The zero-order valence-electron chi connectivity index (χ0n) is 14.3. The van der Waals surface area contributed by atoms with Crippen LogP contribution in [0.15, 0.2) is 52.9 Å². The number of aryl methyl sites for hydroxylation is 1. The minimum atomic E-state index is -1.00. The second kappa shape index (κ2) is 5.62.